The number of pyridine rings is 1. The van der Waals surface area contributed by atoms with Gasteiger partial charge >= 0.3 is 0 Å². The van der Waals surface area contributed by atoms with Gasteiger partial charge in [-0.1, -0.05) is 20.4 Å². The number of hydrogen-bond acceptors (Lipinski definition) is 3. The third-order valence-corrected chi connectivity index (χ3v) is 4.06. The van der Waals surface area contributed by atoms with E-state index in [9.17, 15) is 0 Å². The van der Waals surface area contributed by atoms with Gasteiger partial charge in [0.15, 0.2) is 5.65 Å². The van der Waals surface area contributed by atoms with E-state index < -0.39 is 0 Å². The Labute approximate surface area is 126 Å². The highest BCUT2D eigenvalue weighted by atomic mass is 15.3. The molecule has 0 atom stereocenters. The van der Waals surface area contributed by atoms with Crippen LogP contribution in [0.1, 0.15) is 51.3 Å². The minimum atomic E-state index is 0.527. The molecule has 1 aliphatic carbocycles. The minimum Gasteiger partial charge on any atom is -0.330 e. The van der Waals surface area contributed by atoms with Crippen molar-refractivity contribution in [1.29, 1.82) is 0 Å². The fourth-order valence-electron chi connectivity index (χ4n) is 2.85. The summed E-state index contributed by atoms with van der Waals surface area (Å²) in [5, 5.41) is 3.42. The van der Waals surface area contributed by atoms with Crippen LogP contribution in [0.4, 0.5) is 5.95 Å². The maximum Gasteiger partial charge on any atom is 0.209 e. The van der Waals surface area contributed by atoms with Crippen molar-refractivity contribution < 1.29 is 0 Å². The molecule has 0 spiro atoms. The van der Waals surface area contributed by atoms with Crippen molar-refractivity contribution in [1.82, 2.24) is 14.5 Å². The van der Waals surface area contributed by atoms with E-state index in [2.05, 4.69) is 36.4 Å². The summed E-state index contributed by atoms with van der Waals surface area (Å²) in [5.74, 6) is 1.49. The molecule has 0 saturated heterocycles. The predicted octanol–water partition coefficient (Wildman–Crippen LogP) is 4.44. The van der Waals surface area contributed by atoms with Crippen molar-refractivity contribution in [3.8, 4) is 0 Å². The molecule has 0 amide bonds. The Morgan fingerprint density at radius 2 is 2.14 bits per heavy atom. The quantitative estimate of drug-likeness (QED) is 0.882. The second-order valence-electron chi connectivity index (χ2n) is 6.51. The first-order valence-corrected chi connectivity index (χ1v) is 7.85. The molecule has 112 valence electrons. The highest BCUT2D eigenvalue weighted by Crippen LogP contribution is 2.37. The lowest BCUT2D eigenvalue weighted by Crippen LogP contribution is -2.20. The second kappa shape index (κ2) is 5.51. The largest absolute Gasteiger partial charge is 0.330 e. The summed E-state index contributed by atoms with van der Waals surface area (Å²) >= 11 is 0. The van der Waals surface area contributed by atoms with Crippen LogP contribution in [0.25, 0.3) is 11.2 Å². The van der Waals surface area contributed by atoms with Crippen molar-refractivity contribution in [2.24, 2.45) is 5.92 Å². The number of nitrogens with one attached hydrogen (secondary N) is 1. The summed E-state index contributed by atoms with van der Waals surface area (Å²) in [5.41, 5.74) is 4.03. The fourth-order valence-corrected chi connectivity index (χ4v) is 2.85. The third kappa shape index (κ3) is 2.80. The number of fused-ring (bicyclic) bond motifs is 1. The van der Waals surface area contributed by atoms with Crippen molar-refractivity contribution in [2.45, 2.75) is 52.5 Å². The number of hydrogen-bond donors (Lipinski definition) is 1. The molecule has 0 bridgehead atoms. The lowest BCUT2D eigenvalue weighted by atomic mass is 9.93. The van der Waals surface area contributed by atoms with E-state index in [1.54, 1.807) is 0 Å². The zero-order valence-electron chi connectivity index (χ0n) is 13.2. The second-order valence-corrected chi connectivity index (χ2v) is 6.51. The fraction of sp³-hybridized carbons (Fsp3) is 0.529. The lowest BCUT2D eigenvalue weighted by Gasteiger charge is -2.29. The Hall–Kier alpha value is -1.84. The Bertz CT molecular complexity index is 665. The van der Waals surface area contributed by atoms with E-state index >= 15 is 0 Å². The average molecular weight is 284 g/mol. The van der Waals surface area contributed by atoms with E-state index in [4.69, 9.17) is 9.97 Å². The lowest BCUT2D eigenvalue weighted by molar-refractivity contribution is 0.322. The van der Waals surface area contributed by atoms with Gasteiger partial charge in [-0.05, 0) is 50.7 Å². The van der Waals surface area contributed by atoms with Gasteiger partial charge in [0.05, 0.1) is 0 Å². The molecule has 4 nitrogen and oxygen atoms in total. The number of nitrogens with zero attached hydrogens (tertiary/aromatic N) is 3. The molecule has 21 heavy (non-hydrogen) atoms. The first-order valence-electron chi connectivity index (χ1n) is 7.85. The first-order chi connectivity index (χ1) is 10.0. The highest BCUT2D eigenvalue weighted by Gasteiger charge is 2.25. The van der Waals surface area contributed by atoms with Crippen LogP contribution in [0.5, 0.6) is 0 Å². The Morgan fingerprint density at radius 1 is 1.38 bits per heavy atom. The van der Waals surface area contributed by atoms with Gasteiger partial charge in [0.25, 0.3) is 0 Å². The Balaban J connectivity index is 1.98. The third-order valence-electron chi connectivity index (χ3n) is 4.06. The Morgan fingerprint density at radius 3 is 2.76 bits per heavy atom. The predicted molar refractivity (Wildman–Crippen MR) is 87.4 cm³/mol. The van der Waals surface area contributed by atoms with Crippen molar-refractivity contribution in [2.75, 3.05) is 5.32 Å². The molecule has 2 aromatic rings. The van der Waals surface area contributed by atoms with Crippen LogP contribution in [0, 0.1) is 12.8 Å². The normalized spacial score (nSPS) is 15.4. The smallest absolute Gasteiger partial charge is 0.209 e. The van der Waals surface area contributed by atoms with Gasteiger partial charge in [-0.3, -0.25) is 4.57 Å². The van der Waals surface area contributed by atoms with E-state index in [0.29, 0.717) is 12.0 Å². The molecular formula is C17H24N4. The molecular weight excluding hydrogens is 260 g/mol. The van der Waals surface area contributed by atoms with Gasteiger partial charge < -0.3 is 5.32 Å². The molecule has 3 rings (SSSR count). The molecule has 1 fully saturated rings. The van der Waals surface area contributed by atoms with Crippen molar-refractivity contribution in [3.63, 3.8) is 0 Å². The highest BCUT2D eigenvalue weighted by molar-refractivity contribution is 5.75. The molecule has 2 heterocycles. The number of aryl methyl sites for hydroxylation is 1. The summed E-state index contributed by atoms with van der Waals surface area (Å²) in [4.78, 5) is 9.43. The monoisotopic (exact) mass is 284 g/mol. The van der Waals surface area contributed by atoms with E-state index in [1.807, 2.05) is 13.0 Å². The van der Waals surface area contributed by atoms with Gasteiger partial charge in [-0.15, -0.1) is 0 Å². The van der Waals surface area contributed by atoms with Gasteiger partial charge in [0.2, 0.25) is 5.95 Å². The standard InChI is InChI=1S/C17H24N4/c1-11(2)10-13(4)19-17-20-15-9-8-12(3)18-16(15)21(17)14-6-5-7-14/h8-9,11,14H,4-7,10H2,1-3H3,(H,19,20). The molecule has 1 saturated carbocycles. The Kier molecular flexibility index (Phi) is 3.70. The van der Waals surface area contributed by atoms with Crippen LogP contribution in [-0.4, -0.2) is 14.5 Å². The number of anilines is 1. The summed E-state index contributed by atoms with van der Waals surface area (Å²) in [6.07, 6.45) is 4.68. The summed E-state index contributed by atoms with van der Waals surface area (Å²) < 4.78 is 2.28. The van der Waals surface area contributed by atoms with Gasteiger partial charge in [-0.25, -0.2) is 9.97 Å². The van der Waals surface area contributed by atoms with Crippen LogP contribution in [0.2, 0.25) is 0 Å². The molecule has 4 heteroatoms. The molecule has 0 radical (unpaired) electrons. The number of allylic oxidation sites excluding steroid dienone is 1. The van der Waals surface area contributed by atoms with Crippen molar-refractivity contribution in [3.05, 3.63) is 30.1 Å². The van der Waals surface area contributed by atoms with E-state index in [0.717, 1.165) is 34.9 Å². The molecule has 0 aliphatic heterocycles. The van der Waals surface area contributed by atoms with Crippen LogP contribution in [-0.2, 0) is 0 Å². The summed E-state index contributed by atoms with van der Waals surface area (Å²) in [6, 6.07) is 4.61. The minimum absolute atomic E-state index is 0.527. The van der Waals surface area contributed by atoms with Gasteiger partial charge in [0, 0.05) is 17.4 Å². The van der Waals surface area contributed by atoms with E-state index in [1.165, 1.54) is 19.3 Å². The maximum absolute atomic E-state index is 4.73. The maximum atomic E-state index is 4.73. The zero-order chi connectivity index (χ0) is 15.0. The first kappa shape index (κ1) is 14.1. The van der Waals surface area contributed by atoms with Gasteiger partial charge in [-0.2, -0.15) is 0 Å². The van der Waals surface area contributed by atoms with Crippen LogP contribution < -0.4 is 5.32 Å². The number of aromatic nitrogens is 3. The molecule has 0 aromatic carbocycles. The van der Waals surface area contributed by atoms with Crippen molar-refractivity contribution >= 4 is 17.1 Å². The molecule has 1 N–H and O–H groups in total. The van der Waals surface area contributed by atoms with Gasteiger partial charge in [0.1, 0.15) is 5.52 Å². The summed E-state index contributed by atoms with van der Waals surface area (Å²) in [6.45, 7) is 10.6. The molecule has 1 aliphatic rings. The van der Waals surface area contributed by atoms with Crippen LogP contribution in [0.3, 0.4) is 0 Å². The molecule has 0 unspecified atom stereocenters. The number of rotatable bonds is 5. The number of imidazole rings is 1. The average Bonchev–Trinajstić information content (AvgIpc) is 2.64. The SMILES string of the molecule is C=C(CC(C)C)Nc1nc2ccc(C)nc2n1C1CCC1. The van der Waals surface area contributed by atoms with Crippen LogP contribution >= 0.6 is 0 Å². The van der Waals surface area contributed by atoms with E-state index in [-0.39, 0.29) is 0 Å². The zero-order valence-corrected chi connectivity index (χ0v) is 13.2. The van der Waals surface area contributed by atoms with Crippen LogP contribution in [0.15, 0.2) is 24.4 Å². The molecule has 2 aromatic heterocycles. The summed E-state index contributed by atoms with van der Waals surface area (Å²) in [7, 11) is 0. The topological polar surface area (TPSA) is 42.7 Å².